The fourth-order valence-corrected chi connectivity index (χ4v) is 2.10. The summed E-state index contributed by atoms with van der Waals surface area (Å²) >= 11 is 5.52. The van der Waals surface area contributed by atoms with Gasteiger partial charge in [0.05, 0.1) is 0 Å². The summed E-state index contributed by atoms with van der Waals surface area (Å²) in [6, 6.07) is 0. The molecule has 0 spiro atoms. The van der Waals surface area contributed by atoms with Crippen molar-refractivity contribution in [2.24, 2.45) is 5.92 Å². The van der Waals surface area contributed by atoms with Gasteiger partial charge in [-0.1, -0.05) is 13.3 Å². The Morgan fingerprint density at radius 1 is 1.62 bits per heavy atom. The van der Waals surface area contributed by atoms with E-state index in [1.807, 2.05) is 4.90 Å². The van der Waals surface area contributed by atoms with E-state index in [9.17, 15) is 4.79 Å². The average molecular weight is 204 g/mol. The molecular weight excluding hydrogens is 186 g/mol. The Balaban J connectivity index is 2.27. The van der Waals surface area contributed by atoms with Crippen LogP contribution in [0.5, 0.6) is 0 Å². The third-order valence-corrected chi connectivity index (χ3v) is 2.83. The predicted molar refractivity (Wildman–Crippen MR) is 54.9 cm³/mol. The zero-order valence-corrected chi connectivity index (χ0v) is 9.02. The first-order valence-corrected chi connectivity index (χ1v) is 5.65. The van der Waals surface area contributed by atoms with E-state index >= 15 is 0 Å². The molecule has 2 nitrogen and oxygen atoms in total. The van der Waals surface area contributed by atoms with Crippen molar-refractivity contribution in [3.63, 3.8) is 0 Å². The lowest BCUT2D eigenvalue weighted by Crippen LogP contribution is -2.28. The van der Waals surface area contributed by atoms with E-state index in [0.29, 0.717) is 12.3 Å². The Labute approximate surface area is 85.2 Å². The van der Waals surface area contributed by atoms with Gasteiger partial charge in [0.2, 0.25) is 5.91 Å². The van der Waals surface area contributed by atoms with Crippen LogP contribution in [-0.2, 0) is 4.79 Å². The van der Waals surface area contributed by atoms with E-state index in [4.69, 9.17) is 11.6 Å². The molecule has 0 aliphatic carbocycles. The van der Waals surface area contributed by atoms with E-state index in [-0.39, 0.29) is 5.91 Å². The van der Waals surface area contributed by atoms with Crippen molar-refractivity contribution in [2.75, 3.05) is 19.0 Å². The van der Waals surface area contributed by atoms with Gasteiger partial charge in [0, 0.05) is 25.4 Å². The standard InChI is InChI=1S/C10H18ClNO/c1-2-3-9-5-7-12(8-9)10(13)4-6-11/h9H,2-8H2,1H3. The number of hydrogen-bond acceptors (Lipinski definition) is 1. The minimum absolute atomic E-state index is 0.230. The van der Waals surface area contributed by atoms with Gasteiger partial charge in [0.25, 0.3) is 0 Å². The van der Waals surface area contributed by atoms with Gasteiger partial charge in [-0.05, 0) is 18.8 Å². The van der Waals surface area contributed by atoms with Crippen molar-refractivity contribution in [1.29, 1.82) is 0 Å². The Morgan fingerprint density at radius 3 is 3.00 bits per heavy atom. The second kappa shape index (κ2) is 5.48. The lowest BCUT2D eigenvalue weighted by Gasteiger charge is -2.15. The molecule has 1 aliphatic rings. The summed E-state index contributed by atoms with van der Waals surface area (Å²) in [4.78, 5) is 13.4. The molecule has 1 fully saturated rings. The zero-order chi connectivity index (χ0) is 9.68. The highest BCUT2D eigenvalue weighted by molar-refractivity contribution is 6.18. The number of likely N-dealkylation sites (tertiary alicyclic amines) is 1. The number of nitrogens with zero attached hydrogens (tertiary/aromatic N) is 1. The van der Waals surface area contributed by atoms with Gasteiger partial charge < -0.3 is 4.90 Å². The highest BCUT2D eigenvalue weighted by Crippen LogP contribution is 2.21. The highest BCUT2D eigenvalue weighted by atomic mass is 35.5. The van der Waals surface area contributed by atoms with Crippen LogP contribution in [0.2, 0.25) is 0 Å². The molecule has 0 aromatic rings. The number of halogens is 1. The molecule has 13 heavy (non-hydrogen) atoms. The summed E-state index contributed by atoms with van der Waals surface area (Å²) in [7, 11) is 0. The smallest absolute Gasteiger partial charge is 0.223 e. The summed E-state index contributed by atoms with van der Waals surface area (Å²) in [5, 5.41) is 0. The van der Waals surface area contributed by atoms with Crippen LogP contribution in [0.4, 0.5) is 0 Å². The van der Waals surface area contributed by atoms with Crippen molar-refractivity contribution >= 4 is 17.5 Å². The molecule has 1 atom stereocenters. The number of hydrogen-bond donors (Lipinski definition) is 0. The molecule has 1 heterocycles. The molecule has 0 N–H and O–H groups in total. The molecule has 1 saturated heterocycles. The van der Waals surface area contributed by atoms with Crippen LogP contribution < -0.4 is 0 Å². The van der Waals surface area contributed by atoms with Crippen LogP contribution in [0.15, 0.2) is 0 Å². The van der Waals surface area contributed by atoms with Gasteiger partial charge in [0.15, 0.2) is 0 Å². The maximum Gasteiger partial charge on any atom is 0.223 e. The molecule has 1 rings (SSSR count). The van der Waals surface area contributed by atoms with E-state index < -0.39 is 0 Å². The normalized spacial score (nSPS) is 22.3. The van der Waals surface area contributed by atoms with Crippen LogP contribution in [0.1, 0.15) is 32.6 Å². The molecule has 0 bridgehead atoms. The SMILES string of the molecule is CCCC1CCN(C(=O)CCCl)C1. The number of amides is 1. The molecule has 1 unspecified atom stereocenters. The molecule has 0 aromatic heterocycles. The average Bonchev–Trinajstić information content (AvgIpc) is 2.54. The summed E-state index contributed by atoms with van der Waals surface area (Å²) in [6.45, 7) is 4.10. The number of carbonyl (C=O) groups is 1. The van der Waals surface area contributed by atoms with Gasteiger partial charge in [-0.3, -0.25) is 4.79 Å². The van der Waals surface area contributed by atoms with Crippen LogP contribution in [0, 0.1) is 5.92 Å². The maximum atomic E-state index is 11.4. The Morgan fingerprint density at radius 2 is 2.38 bits per heavy atom. The van der Waals surface area contributed by atoms with Gasteiger partial charge in [-0.25, -0.2) is 0 Å². The van der Waals surface area contributed by atoms with Gasteiger partial charge >= 0.3 is 0 Å². The van der Waals surface area contributed by atoms with E-state index in [0.717, 1.165) is 19.0 Å². The molecule has 0 saturated carbocycles. The zero-order valence-electron chi connectivity index (χ0n) is 8.26. The molecule has 0 aromatic carbocycles. The predicted octanol–water partition coefficient (Wildman–Crippen LogP) is 2.26. The molecule has 1 amide bonds. The third kappa shape index (κ3) is 3.18. The minimum Gasteiger partial charge on any atom is -0.342 e. The van der Waals surface area contributed by atoms with Crippen LogP contribution >= 0.6 is 11.6 Å². The summed E-state index contributed by atoms with van der Waals surface area (Å²) in [5.41, 5.74) is 0. The fraction of sp³-hybridized carbons (Fsp3) is 0.900. The summed E-state index contributed by atoms with van der Waals surface area (Å²) in [5.74, 6) is 1.42. The van der Waals surface area contributed by atoms with Crippen molar-refractivity contribution < 1.29 is 4.79 Å². The summed E-state index contributed by atoms with van der Waals surface area (Å²) in [6.07, 6.45) is 4.16. The van der Waals surface area contributed by atoms with Crippen molar-refractivity contribution in [2.45, 2.75) is 32.6 Å². The Hall–Kier alpha value is -0.240. The molecule has 0 radical (unpaired) electrons. The second-order valence-corrected chi connectivity index (χ2v) is 4.10. The Kier molecular flexibility index (Phi) is 4.57. The first-order chi connectivity index (χ1) is 6.27. The topological polar surface area (TPSA) is 20.3 Å². The van der Waals surface area contributed by atoms with Crippen LogP contribution in [-0.4, -0.2) is 29.8 Å². The number of carbonyl (C=O) groups excluding carboxylic acids is 1. The lowest BCUT2D eigenvalue weighted by atomic mass is 10.0. The highest BCUT2D eigenvalue weighted by Gasteiger charge is 2.24. The third-order valence-electron chi connectivity index (χ3n) is 2.64. The quantitative estimate of drug-likeness (QED) is 0.642. The monoisotopic (exact) mass is 203 g/mol. The van der Waals surface area contributed by atoms with Crippen molar-refractivity contribution in [3.05, 3.63) is 0 Å². The van der Waals surface area contributed by atoms with E-state index in [1.165, 1.54) is 19.3 Å². The van der Waals surface area contributed by atoms with Crippen molar-refractivity contribution in [3.8, 4) is 0 Å². The second-order valence-electron chi connectivity index (χ2n) is 3.72. The minimum atomic E-state index is 0.230. The first-order valence-electron chi connectivity index (χ1n) is 5.11. The van der Waals surface area contributed by atoms with Gasteiger partial charge in [-0.15, -0.1) is 11.6 Å². The van der Waals surface area contributed by atoms with Crippen LogP contribution in [0.3, 0.4) is 0 Å². The first kappa shape index (κ1) is 10.8. The van der Waals surface area contributed by atoms with Crippen molar-refractivity contribution in [1.82, 2.24) is 4.90 Å². The number of alkyl halides is 1. The lowest BCUT2D eigenvalue weighted by molar-refractivity contribution is -0.129. The molecule has 3 heteroatoms. The van der Waals surface area contributed by atoms with E-state index in [1.54, 1.807) is 0 Å². The molecular formula is C10H18ClNO. The fourth-order valence-electron chi connectivity index (χ4n) is 1.94. The molecule has 76 valence electrons. The summed E-state index contributed by atoms with van der Waals surface area (Å²) < 4.78 is 0. The Bertz CT molecular complexity index is 172. The van der Waals surface area contributed by atoms with Gasteiger partial charge in [-0.2, -0.15) is 0 Å². The molecule has 1 aliphatic heterocycles. The van der Waals surface area contributed by atoms with Gasteiger partial charge in [0.1, 0.15) is 0 Å². The maximum absolute atomic E-state index is 11.4. The van der Waals surface area contributed by atoms with Crippen LogP contribution in [0.25, 0.3) is 0 Å². The van der Waals surface area contributed by atoms with E-state index in [2.05, 4.69) is 6.92 Å². The largest absolute Gasteiger partial charge is 0.342 e. The number of rotatable bonds is 4.